The number of hydrogen-bond donors (Lipinski definition) is 0. The molecule has 0 saturated carbocycles. The van der Waals surface area contributed by atoms with Crippen LogP contribution in [0, 0.1) is 34.5 Å². The lowest BCUT2D eigenvalue weighted by molar-refractivity contribution is 0.243. The van der Waals surface area contributed by atoms with Crippen LogP contribution in [-0.2, 0) is 31.8 Å². The molecule has 8 heteroatoms. The standard InChI is InChI=1S/C36H54N4O4/c1-21(2)27-17-41-31(37-27)35(9,32-38-28(18-42-32)22(3)4)15-25-11-13-26(14-12-25)16-36(10,33-39-29(19-43-33)23(5)6)34-40-30(20-44-34)24(7)8/h11-14,21-24,27-30H,15-20H2,1-10H3/t27-,28-,29-,30-/m1/s1. The second-order valence-electron chi connectivity index (χ2n) is 15.1. The Labute approximate surface area is 264 Å². The van der Waals surface area contributed by atoms with E-state index in [0.29, 0.717) is 62.9 Å². The van der Waals surface area contributed by atoms with E-state index in [1.54, 1.807) is 0 Å². The maximum Gasteiger partial charge on any atom is 0.199 e. The van der Waals surface area contributed by atoms with Crippen molar-refractivity contribution >= 4 is 23.6 Å². The quantitative estimate of drug-likeness (QED) is 0.268. The summed E-state index contributed by atoms with van der Waals surface area (Å²) in [6.07, 6.45) is 1.38. The summed E-state index contributed by atoms with van der Waals surface area (Å²) in [6, 6.07) is 9.45. The van der Waals surface area contributed by atoms with Crippen LogP contribution in [0.4, 0.5) is 0 Å². The SMILES string of the molecule is CC(C)[C@H]1COC(C(C)(Cc2ccc(CC(C)(C3=N[C@@H](C(C)C)CO3)C3=N[C@@H](C(C)C)CO3)cc2)C2=N[C@@H](C(C)C)CO2)=N1. The molecule has 44 heavy (non-hydrogen) atoms. The number of rotatable bonds is 12. The van der Waals surface area contributed by atoms with Crippen molar-refractivity contribution in [3.63, 3.8) is 0 Å². The Bertz CT molecular complexity index is 1130. The molecule has 0 amide bonds. The topological polar surface area (TPSA) is 86.4 Å². The molecule has 5 rings (SSSR count). The number of hydrogen-bond acceptors (Lipinski definition) is 8. The average Bonchev–Trinajstić information content (AvgIpc) is 3.80. The van der Waals surface area contributed by atoms with E-state index in [9.17, 15) is 0 Å². The number of ether oxygens (including phenoxy) is 4. The maximum absolute atomic E-state index is 6.26. The molecule has 0 N–H and O–H groups in total. The van der Waals surface area contributed by atoms with Crippen LogP contribution < -0.4 is 0 Å². The molecular weight excluding hydrogens is 552 g/mol. The van der Waals surface area contributed by atoms with Crippen LogP contribution in [0.1, 0.15) is 80.4 Å². The van der Waals surface area contributed by atoms with E-state index in [1.165, 1.54) is 11.1 Å². The third-order valence-electron chi connectivity index (χ3n) is 9.80. The molecule has 4 atom stereocenters. The van der Waals surface area contributed by atoms with Crippen LogP contribution in [-0.4, -0.2) is 74.2 Å². The van der Waals surface area contributed by atoms with Gasteiger partial charge in [-0.2, -0.15) is 0 Å². The second-order valence-corrected chi connectivity index (χ2v) is 15.1. The molecular formula is C36H54N4O4. The van der Waals surface area contributed by atoms with Crippen molar-refractivity contribution in [3.8, 4) is 0 Å². The van der Waals surface area contributed by atoms with Crippen molar-refractivity contribution in [2.24, 2.45) is 54.5 Å². The van der Waals surface area contributed by atoms with Gasteiger partial charge in [0.2, 0.25) is 0 Å². The molecule has 4 aliphatic rings. The summed E-state index contributed by atoms with van der Waals surface area (Å²) in [5, 5.41) is 0. The Morgan fingerprint density at radius 2 is 0.727 bits per heavy atom. The van der Waals surface area contributed by atoms with Gasteiger partial charge in [-0.3, -0.25) is 0 Å². The Balaban J connectivity index is 1.41. The molecule has 1 aromatic carbocycles. The minimum absolute atomic E-state index is 0.152. The fraction of sp³-hybridized carbons (Fsp3) is 0.722. The summed E-state index contributed by atoms with van der Waals surface area (Å²) in [5.41, 5.74) is 1.22. The molecule has 4 aliphatic heterocycles. The van der Waals surface area contributed by atoms with E-state index in [-0.39, 0.29) is 24.2 Å². The third-order valence-corrected chi connectivity index (χ3v) is 9.80. The monoisotopic (exact) mass is 606 g/mol. The van der Waals surface area contributed by atoms with Gasteiger partial charge in [-0.25, -0.2) is 20.0 Å². The summed E-state index contributed by atoms with van der Waals surface area (Å²) in [5.74, 6) is 4.60. The average molecular weight is 607 g/mol. The predicted octanol–water partition coefficient (Wildman–Crippen LogP) is 6.60. The summed E-state index contributed by atoms with van der Waals surface area (Å²) in [7, 11) is 0. The first kappa shape index (κ1) is 32.5. The molecule has 0 saturated heterocycles. The maximum atomic E-state index is 6.26. The van der Waals surface area contributed by atoms with Crippen LogP contribution in [0.3, 0.4) is 0 Å². The molecule has 4 heterocycles. The minimum Gasteiger partial charge on any atom is -0.478 e. The first-order chi connectivity index (χ1) is 20.8. The van der Waals surface area contributed by atoms with Crippen LogP contribution >= 0.6 is 0 Å². The predicted molar refractivity (Wildman–Crippen MR) is 178 cm³/mol. The van der Waals surface area contributed by atoms with Gasteiger partial charge in [-0.05, 0) is 61.5 Å². The summed E-state index contributed by atoms with van der Waals surface area (Å²) in [6.45, 7) is 24.3. The van der Waals surface area contributed by atoms with Gasteiger partial charge in [0.25, 0.3) is 0 Å². The summed E-state index contributed by atoms with van der Waals surface area (Å²) < 4.78 is 25.0. The zero-order valence-corrected chi connectivity index (χ0v) is 28.6. The van der Waals surface area contributed by atoms with Crippen molar-refractivity contribution in [3.05, 3.63) is 35.4 Å². The Morgan fingerprint density at radius 1 is 0.500 bits per heavy atom. The van der Waals surface area contributed by atoms with Crippen molar-refractivity contribution in [1.82, 2.24) is 0 Å². The minimum atomic E-state index is -0.570. The Morgan fingerprint density at radius 3 is 0.909 bits per heavy atom. The molecule has 242 valence electrons. The van der Waals surface area contributed by atoms with E-state index >= 15 is 0 Å². The van der Waals surface area contributed by atoms with Gasteiger partial charge in [0.15, 0.2) is 23.6 Å². The highest BCUT2D eigenvalue weighted by Crippen LogP contribution is 2.37. The first-order valence-electron chi connectivity index (χ1n) is 16.7. The fourth-order valence-corrected chi connectivity index (χ4v) is 6.21. The van der Waals surface area contributed by atoms with Crippen LogP contribution in [0.5, 0.6) is 0 Å². The number of benzene rings is 1. The Hall–Kier alpha value is -2.90. The molecule has 0 fully saturated rings. The smallest absolute Gasteiger partial charge is 0.199 e. The van der Waals surface area contributed by atoms with E-state index in [4.69, 9.17) is 38.9 Å². The van der Waals surface area contributed by atoms with E-state index in [2.05, 4.69) is 93.5 Å². The largest absolute Gasteiger partial charge is 0.478 e. The molecule has 0 spiro atoms. The third kappa shape index (κ3) is 6.55. The summed E-state index contributed by atoms with van der Waals surface area (Å²) >= 11 is 0. The normalized spacial score (nSPS) is 25.6. The van der Waals surface area contributed by atoms with E-state index < -0.39 is 10.8 Å². The van der Waals surface area contributed by atoms with Crippen molar-refractivity contribution in [1.29, 1.82) is 0 Å². The highest BCUT2D eigenvalue weighted by atomic mass is 16.5. The van der Waals surface area contributed by atoms with Gasteiger partial charge in [0.05, 0.1) is 24.2 Å². The zero-order chi connectivity index (χ0) is 31.8. The first-order valence-corrected chi connectivity index (χ1v) is 16.7. The van der Waals surface area contributed by atoms with Gasteiger partial charge in [-0.1, -0.05) is 79.7 Å². The van der Waals surface area contributed by atoms with Crippen molar-refractivity contribution in [2.75, 3.05) is 26.4 Å². The highest BCUT2D eigenvalue weighted by molar-refractivity contribution is 6.07. The molecule has 0 bridgehead atoms. The molecule has 8 nitrogen and oxygen atoms in total. The highest BCUT2D eigenvalue weighted by Gasteiger charge is 2.47. The molecule has 0 aliphatic carbocycles. The zero-order valence-electron chi connectivity index (χ0n) is 28.6. The van der Waals surface area contributed by atoms with Gasteiger partial charge in [0.1, 0.15) is 37.3 Å². The lowest BCUT2D eigenvalue weighted by Crippen LogP contribution is -2.39. The number of aliphatic imine (C=N–C) groups is 4. The van der Waals surface area contributed by atoms with E-state index in [0.717, 1.165) is 23.6 Å². The van der Waals surface area contributed by atoms with Crippen LogP contribution in [0.15, 0.2) is 44.2 Å². The van der Waals surface area contributed by atoms with E-state index in [1.807, 2.05) is 0 Å². The fourth-order valence-electron chi connectivity index (χ4n) is 6.21. The van der Waals surface area contributed by atoms with Gasteiger partial charge in [0, 0.05) is 0 Å². The lowest BCUT2D eigenvalue weighted by atomic mass is 9.80. The van der Waals surface area contributed by atoms with Crippen molar-refractivity contribution < 1.29 is 18.9 Å². The Kier molecular flexibility index (Phi) is 9.48. The van der Waals surface area contributed by atoms with Crippen molar-refractivity contribution in [2.45, 2.75) is 106 Å². The van der Waals surface area contributed by atoms with Gasteiger partial charge in [-0.15, -0.1) is 0 Å². The van der Waals surface area contributed by atoms with Gasteiger partial charge >= 0.3 is 0 Å². The van der Waals surface area contributed by atoms with Crippen LogP contribution in [0.25, 0.3) is 0 Å². The number of nitrogens with zero attached hydrogens (tertiary/aromatic N) is 4. The molecule has 1 aromatic rings. The van der Waals surface area contributed by atoms with Gasteiger partial charge < -0.3 is 18.9 Å². The van der Waals surface area contributed by atoms with Crippen LogP contribution in [0.2, 0.25) is 0 Å². The molecule has 0 aromatic heterocycles. The lowest BCUT2D eigenvalue weighted by Gasteiger charge is -2.29. The second kappa shape index (κ2) is 12.8. The molecule has 0 unspecified atom stereocenters. The molecule has 0 radical (unpaired) electrons. The summed E-state index contributed by atoms with van der Waals surface area (Å²) in [4.78, 5) is 20.2.